The van der Waals surface area contributed by atoms with Crippen LogP contribution in [0.5, 0.6) is 5.75 Å². The number of hydrogen-bond acceptors (Lipinski definition) is 7. The van der Waals surface area contributed by atoms with Crippen LogP contribution in [0.3, 0.4) is 0 Å². The van der Waals surface area contributed by atoms with E-state index < -0.39 is 64.3 Å². The number of amides is 2. The van der Waals surface area contributed by atoms with Crippen LogP contribution in [0.15, 0.2) is 43.1 Å². The monoisotopic (exact) mass is 613 g/mol. The molecule has 1 aromatic heterocycles. The van der Waals surface area contributed by atoms with Crippen molar-refractivity contribution in [1.82, 2.24) is 15.2 Å². The zero-order valence-corrected chi connectivity index (χ0v) is 26.2. The number of ether oxygens (including phenoxy) is 2. The molecule has 2 aromatic rings. The number of nitrogens with one attached hydrogen (secondary N) is 1. The summed E-state index contributed by atoms with van der Waals surface area (Å²) in [6.07, 6.45) is 2.66. The van der Waals surface area contributed by atoms with E-state index >= 15 is 0 Å². The van der Waals surface area contributed by atoms with E-state index in [1.54, 1.807) is 51.2 Å². The number of aromatic nitrogens is 1. The molecule has 232 valence electrons. The number of hydrogen-bond donors (Lipinski definition) is 2. The first kappa shape index (κ1) is 32.3. The Hall–Kier alpha value is -3.66. The highest BCUT2D eigenvalue weighted by Crippen LogP contribution is 2.45. The molecule has 0 unspecified atom stereocenters. The first-order chi connectivity index (χ1) is 19.9. The van der Waals surface area contributed by atoms with Crippen molar-refractivity contribution >= 4 is 46.3 Å². The lowest BCUT2D eigenvalue weighted by Gasteiger charge is -2.35. The second kappa shape index (κ2) is 11.8. The summed E-state index contributed by atoms with van der Waals surface area (Å²) in [7, 11) is 0. The zero-order valence-electron chi connectivity index (χ0n) is 25.5. The number of esters is 1. The molecule has 1 aliphatic carbocycles. The Morgan fingerprint density at radius 3 is 2.49 bits per heavy atom. The first-order valence-electron chi connectivity index (χ1n) is 14.4. The highest BCUT2D eigenvalue weighted by atomic mass is 35.5. The molecule has 2 fully saturated rings. The Labute approximate surface area is 256 Å². The second-order valence-electron chi connectivity index (χ2n) is 13.5. The van der Waals surface area contributed by atoms with Gasteiger partial charge in [-0.05, 0) is 56.9 Å². The van der Waals surface area contributed by atoms with Crippen molar-refractivity contribution in [3.05, 3.63) is 48.1 Å². The van der Waals surface area contributed by atoms with Crippen molar-refractivity contribution in [2.45, 2.75) is 84.1 Å². The van der Waals surface area contributed by atoms with E-state index in [0.29, 0.717) is 21.7 Å². The molecule has 0 radical (unpaired) electrons. The SMILES string of the molecule is C=C[C@@H]1C[C@]1(NC(=O)[C@@H]1C[C@@H](Oc2ccnc3cc(Cl)ccc23)CN1C(=O)[C@@H](CC(=O)OC(C)(C)C)C(C)(C)C)C(=O)O. The number of benzene rings is 1. The summed E-state index contributed by atoms with van der Waals surface area (Å²) in [4.78, 5) is 58.7. The number of carboxylic acid groups (broad SMARTS) is 1. The van der Waals surface area contributed by atoms with E-state index in [4.69, 9.17) is 21.1 Å². The van der Waals surface area contributed by atoms with Gasteiger partial charge in [0, 0.05) is 28.9 Å². The molecule has 11 heteroatoms. The molecular formula is C32H40ClN3O7. The fourth-order valence-corrected chi connectivity index (χ4v) is 5.75. The molecule has 2 heterocycles. The van der Waals surface area contributed by atoms with E-state index in [-0.39, 0.29) is 25.8 Å². The van der Waals surface area contributed by atoms with Crippen molar-refractivity contribution in [3.8, 4) is 5.75 Å². The molecule has 2 amide bonds. The Balaban J connectivity index is 1.64. The fraction of sp³-hybridized carbons (Fsp3) is 0.531. The molecule has 1 saturated carbocycles. The van der Waals surface area contributed by atoms with Gasteiger partial charge in [-0.15, -0.1) is 6.58 Å². The van der Waals surface area contributed by atoms with E-state index in [0.717, 1.165) is 0 Å². The fourth-order valence-electron chi connectivity index (χ4n) is 5.58. The van der Waals surface area contributed by atoms with Crippen LogP contribution in [0, 0.1) is 17.3 Å². The van der Waals surface area contributed by atoms with Crippen molar-refractivity contribution in [3.63, 3.8) is 0 Å². The van der Waals surface area contributed by atoms with Gasteiger partial charge in [0.1, 0.15) is 29.0 Å². The van der Waals surface area contributed by atoms with Crippen molar-refractivity contribution in [2.24, 2.45) is 17.3 Å². The third-order valence-electron chi connectivity index (χ3n) is 7.97. The maximum absolute atomic E-state index is 14.2. The average molecular weight is 614 g/mol. The lowest BCUT2D eigenvalue weighted by Crippen LogP contribution is -2.54. The number of fused-ring (bicyclic) bond motifs is 1. The lowest BCUT2D eigenvalue weighted by atomic mass is 9.77. The Morgan fingerprint density at radius 1 is 1.21 bits per heavy atom. The van der Waals surface area contributed by atoms with Gasteiger partial charge in [-0.2, -0.15) is 0 Å². The molecule has 1 aliphatic heterocycles. The Morgan fingerprint density at radius 2 is 1.91 bits per heavy atom. The Kier molecular flexibility index (Phi) is 8.84. The molecule has 1 aromatic carbocycles. The molecule has 1 saturated heterocycles. The maximum Gasteiger partial charge on any atom is 0.330 e. The number of halogens is 1. The third-order valence-corrected chi connectivity index (χ3v) is 8.20. The molecule has 0 bridgehead atoms. The molecule has 5 atom stereocenters. The lowest BCUT2D eigenvalue weighted by molar-refractivity contribution is -0.161. The standard InChI is InChI=1S/C32H40ClN3O7/c1-8-18-16-32(18,29(40)41)35-27(38)24-14-20(42-25-11-12-34-23-13-19(33)9-10-21(23)25)17-36(24)28(39)22(30(2,3)4)15-26(37)43-31(5,6)7/h8-13,18,20,22,24H,1,14-17H2,2-7H3,(H,35,38)(H,40,41)/t18-,20-,22-,24+,32-/m1/s1. The number of likely N-dealkylation sites (tertiary alicyclic amines) is 1. The quantitative estimate of drug-likeness (QED) is 0.305. The van der Waals surface area contributed by atoms with Crippen molar-refractivity contribution in [2.75, 3.05) is 6.54 Å². The van der Waals surface area contributed by atoms with Gasteiger partial charge in [0.25, 0.3) is 0 Å². The number of carbonyl (C=O) groups is 4. The highest BCUT2D eigenvalue weighted by Gasteiger charge is 2.61. The molecule has 2 N–H and O–H groups in total. The minimum atomic E-state index is -1.47. The minimum absolute atomic E-state index is 0.0557. The van der Waals surface area contributed by atoms with Crippen LogP contribution in [0.2, 0.25) is 5.02 Å². The number of rotatable bonds is 9. The predicted octanol–water partition coefficient (Wildman–Crippen LogP) is 4.78. The average Bonchev–Trinajstić information content (AvgIpc) is 3.45. The second-order valence-corrected chi connectivity index (χ2v) is 13.9. The molecule has 2 aliphatic rings. The zero-order chi connectivity index (χ0) is 31.9. The summed E-state index contributed by atoms with van der Waals surface area (Å²) < 4.78 is 11.9. The number of nitrogens with zero attached hydrogens (tertiary/aromatic N) is 2. The van der Waals surface area contributed by atoms with Gasteiger partial charge in [0.05, 0.1) is 24.4 Å². The summed E-state index contributed by atoms with van der Waals surface area (Å²) in [5.74, 6) is -3.40. The van der Waals surface area contributed by atoms with Gasteiger partial charge in [0.2, 0.25) is 11.8 Å². The van der Waals surface area contributed by atoms with Gasteiger partial charge >= 0.3 is 11.9 Å². The smallest absolute Gasteiger partial charge is 0.330 e. The number of carbonyl (C=O) groups excluding carboxylic acids is 3. The summed E-state index contributed by atoms with van der Waals surface area (Å²) in [5.41, 5.74) is -2.22. The van der Waals surface area contributed by atoms with Crippen LogP contribution in [0.25, 0.3) is 10.9 Å². The largest absolute Gasteiger partial charge is 0.488 e. The first-order valence-corrected chi connectivity index (χ1v) is 14.7. The molecule has 0 spiro atoms. The van der Waals surface area contributed by atoms with Crippen LogP contribution >= 0.6 is 11.6 Å². The highest BCUT2D eigenvalue weighted by molar-refractivity contribution is 6.31. The normalized spacial score (nSPS) is 24.3. The van der Waals surface area contributed by atoms with Crippen molar-refractivity contribution in [1.29, 1.82) is 0 Å². The van der Waals surface area contributed by atoms with Gasteiger partial charge in [-0.1, -0.05) is 38.4 Å². The van der Waals surface area contributed by atoms with Crippen LogP contribution in [-0.2, 0) is 23.9 Å². The van der Waals surface area contributed by atoms with E-state index in [2.05, 4.69) is 16.9 Å². The summed E-state index contributed by atoms with van der Waals surface area (Å²) in [6.45, 7) is 14.6. The number of pyridine rings is 1. The number of carboxylic acids is 1. The topological polar surface area (TPSA) is 135 Å². The molecular weight excluding hydrogens is 574 g/mol. The predicted molar refractivity (Wildman–Crippen MR) is 162 cm³/mol. The van der Waals surface area contributed by atoms with Gasteiger partial charge in [-0.3, -0.25) is 19.4 Å². The van der Waals surface area contributed by atoms with Crippen LogP contribution in [-0.4, -0.2) is 68.6 Å². The summed E-state index contributed by atoms with van der Waals surface area (Å²) in [5, 5.41) is 13.8. The van der Waals surface area contributed by atoms with Gasteiger partial charge in [0.15, 0.2) is 0 Å². The molecule has 43 heavy (non-hydrogen) atoms. The molecule has 4 rings (SSSR count). The number of aliphatic carboxylic acids is 1. The van der Waals surface area contributed by atoms with E-state index in [1.807, 2.05) is 20.8 Å². The summed E-state index contributed by atoms with van der Waals surface area (Å²) >= 11 is 6.14. The molecule has 10 nitrogen and oxygen atoms in total. The van der Waals surface area contributed by atoms with Gasteiger partial charge in [-0.25, -0.2) is 4.79 Å². The maximum atomic E-state index is 14.2. The van der Waals surface area contributed by atoms with E-state index in [1.165, 1.54) is 11.0 Å². The van der Waals surface area contributed by atoms with Crippen molar-refractivity contribution < 1.29 is 33.8 Å². The Bertz CT molecular complexity index is 1450. The van der Waals surface area contributed by atoms with Crippen LogP contribution in [0.4, 0.5) is 0 Å². The van der Waals surface area contributed by atoms with Crippen LogP contribution < -0.4 is 10.1 Å². The summed E-state index contributed by atoms with van der Waals surface area (Å²) in [6, 6.07) is 5.91. The third kappa shape index (κ3) is 7.12. The minimum Gasteiger partial charge on any atom is -0.488 e. The van der Waals surface area contributed by atoms with Crippen LogP contribution in [0.1, 0.15) is 60.8 Å². The van der Waals surface area contributed by atoms with Gasteiger partial charge < -0.3 is 24.8 Å². The van der Waals surface area contributed by atoms with E-state index in [9.17, 15) is 24.3 Å².